The third-order valence-electron chi connectivity index (χ3n) is 4.58. The maximum atomic E-state index is 12.8. The number of hydrogen-bond acceptors (Lipinski definition) is 5. The van der Waals surface area contributed by atoms with Crippen LogP contribution in [-0.2, 0) is 9.59 Å². The number of nitro benzene ring substituents is 1. The normalized spacial score (nSPS) is 18.7. The number of hydrogen-bond donors (Lipinski definition) is 1. The Hall–Kier alpha value is -3.48. The molecule has 3 rings (SSSR count). The lowest BCUT2D eigenvalue weighted by Crippen LogP contribution is -2.33. The first-order chi connectivity index (χ1) is 13.3. The van der Waals surface area contributed by atoms with Crippen LogP contribution < -0.4 is 0 Å². The van der Waals surface area contributed by atoms with Gasteiger partial charge in [0.25, 0.3) is 17.4 Å². The van der Waals surface area contributed by atoms with Crippen LogP contribution >= 0.6 is 0 Å². The number of Topliss-reactive ketones (excluding diaryl/α,β-unsaturated/α-hetero) is 1. The molecule has 0 unspecified atom stereocenters. The molecule has 144 valence electrons. The number of carbonyl (C=O) groups excluding carboxylic acids is 2. The average Bonchev–Trinajstić information content (AvgIpc) is 2.92. The second kappa shape index (κ2) is 7.64. The zero-order valence-corrected chi connectivity index (χ0v) is 15.5. The highest BCUT2D eigenvalue weighted by Gasteiger charge is 2.48. The Kier molecular flexibility index (Phi) is 5.26. The highest BCUT2D eigenvalue weighted by molar-refractivity contribution is 6.46. The van der Waals surface area contributed by atoms with Crippen LogP contribution in [0, 0.1) is 16.0 Å². The second-order valence-corrected chi connectivity index (χ2v) is 7.03. The fraction of sp³-hybridized carbons (Fsp3) is 0.238. The van der Waals surface area contributed by atoms with Gasteiger partial charge in [-0.25, -0.2) is 0 Å². The van der Waals surface area contributed by atoms with Crippen molar-refractivity contribution in [2.45, 2.75) is 19.9 Å². The summed E-state index contributed by atoms with van der Waals surface area (Å²) in [6.07, 6.45) is 0. The quantitative estimate of drug-likeness (QED) is 0.280. The minimum Gasteiger partial charge on any atom is -0.507 e. The average molecular weight is 380 g/mol. The smallest absolute Gasteiger partial charge is 0.295 e. The molecule has 1 aliphatic heterocycles. The van der Waals surface area contributed by atoms with Gasteiger partial charge in [0.05, 0.1) is 22.1 Å². The molecule has 28 heavy (non-hydrogen) atoms. The molecule has 1 atom stereocenters. The predicted molar refractivity (Wildman–Crippen MR) is 103 cm³/mol. The Labute approximate surface area is 162 Å². The zero-order chi connectivity index (χ0) is 20.4. The molecule has 1 N–H and O–H groups in total. The summed E-state index contributed by atoms with van der Waals surface area (Å²) in [4.78, 5) is 37.8. The van der Waals surface area contributed by atoms with Gasteiger partial charge in [0.1, 0.15) is 5.76 Å². The van der Waals surface area contributed by atoms with E-state index in [1.54, 1.807) is 36.4 Å². The molecule has 0 spiro atoms. The molecule has 2 aromatic rings. The van der Waals surface area contributed by atoms with E-state index in [0.29, 0.717) is 5.56 Å². The Morgan fingerprint density at radius 1 is 1.11 bits per heavy atom. The second-order valence-electron chi connectivity index (χ2n) is 7.03. The molecule has 0 aromatic heterocycles. The molecule has 7 heteroatoms. The van der Waals surface area contributed by atoms with Crippen molar-refractivity contribution in [3.05, 3.63) is 81.4 Å². The van der Waals surface area contributed by atoms with Crippen molar-refractivity contribution >= 4 is 23.1 Å². The van der Waals surface area contributed by atoms with Crippen molar-refractivity contribution in [2.75, 3.05) is 6.54 Å². The van der Waals surface area contributed by atoms with Gasteiger partial charge in [-0.3, -0.25) is 19.7 Å². The molecule has 7 nitrogen and oxygen atoms in total. The Morgan fingerprint density at radius 3 is 2.32 bits per heavy atom. The molecule has 1 aliphatic rings. The zero-order valence-electron chi connectivity index (χ0n) is 15.5. The van der Waals surface area contributed by atoms with Crippen molar-refractivity contribution in [1.29, 1.82) is 0 Å². The highest BCUT2D eigenvalue weighted by atomic mass is 16.6. The SMILES string of the molecule is CC(C)CN1C(=O)C(=O)C(=C(O)c2ccccc2)[C@@H]1c1ccccc1[N+](=O)[O-]. The molecule has 1 amide bonds. The predicted octanol–water partition coefficient (Wildman–Crippen LogP) is 3.67. The highest BCUT2D eigenvalue weighted by Crippen LogP contribution is 2.42. The summed E-state index contributed by atoms with van der Waals surface area (Å²) in [5.74, 6) is -1.92. The number of aliphatic hydroxyl groups excluding tert-OH is 1. The van der Waals surface area contributed by atoms with E-state index in [2.05, 4.69) is 0 Å². The molecule has 1 heterocycles. The van der Waals surface area contributed by atoms with E-state index in [9.17, 15) is 24.8 Å². The van der Waals surface area contributed by atoms with E-state index in [0.717, 1.165) is 0 Å². The first-order valence-corrected chi connectivity index (χ1v) is 8.90. The molecule has 1 fully saturated rings. The number of amides is 1. The van der Waals surface area contributed by atoms with Crippen molar-refractivity contribution in [3.8, 4) is 0 Å². The van der Waals surface area contributed by atoms with Crippen LogP contribution in [0.1, 0.15) is 31.0 Å². The van der Waals surface area contributed by atoms with Gasteiger partial charge in [-0.05, 0) is 12.0 Å². The first-order valence-electron chi connectivity index (χ1n) is 8.90. The van der Waals surface area contributed by atoms with Crippen LogP contribution in [0.3, 0.4) is 0 Å². The van der Waals surface area contributed by atoms with Gasteiger partial charge in [0, 0.05) is 18.2 Å². The number of aliphatic hydroxyl groups is 1. The van der Waals surface area contributed by atoms with Crippen LogP contribution in [0.5, 0.6) is 0 Å². The molecule has 0 bridgehead atoms. The van der Waals surface area contributed by atoms with E-state index >= 15 is 0 Å². The Bertz CT molecular complexity index is 966. The third-order valence-corrected chi connectivity index (χ3v) is 4.58. The lowest BCUT2D eigenvalue weighted by molar-refractivity contribution is -0.385. The summed E-state index contributed by atoms with van der Waals surface area (Å²) in [7, 11) is 0. The van der Waals surface area contributed by atoms with Crippen molar-refractivity contribution in [3.63, 3.8) is 0 Å². The number of nitrogens with zero attached hydrogens (tertiary/aromatic N) is 2. The number of carbonyl (C=O) groups is 2. The summed E-state index contributed by atoms with van der Waals surface area (Å²) in [6, 6.07) is 13.3. The number of ketones is 1. The topological polar surface area (TPSA) is 101 Å². The maximum absolute atomic E-state index is 12.8. The lowest BCUT2D eigenvalue weighted by Gasteiger charge is -2.26. The molecular formula is C21H20N2O5. The Balaban J connectivity index is 2.27. The van der Waals surface area contributed by atoms with E-state index in [1.165, 1.54) is 23.1 Å². The monoisotopic (exact) mass is 380 g/mol. The number of likely N-dealkylation sites (tertiary alicyclic amines) is 1. The van der Waals surface area contributed by atoms with Gasteiger partial charge in [0.15, 0.2) is 0 Å². The first kappa shape index (κ1) is 19.3. The van der Waals surface area contributed by atoms with Crippen molar-refractivity contribution in [2.24, 2.45) is 5.92 Å². The van der Waals surface area contributed by atoms with Crippen molar-refractivity contribution < 1.29 is 19.6 Å². The van der Waals surface area contributed by atoms with Crippen LogP contribution in [0.25, 0.3) is 5.76 Å². The number of rotatable bonds is 5. The molecule has 1 saturated heterocycles. The van der Waals surface area contributed by atoms with Crippen molar-refractivity contribution in [1.82, 2.24) is 4.90 Å². The standard InChI is InChI=1S/C21H20N2O5/c1-13(2)12-22-18(15-10-6-7-11-16(15)23(27)28)17(20(25)21(22)26)19(24)14-8-4-3-5-9-14/h3-11,13,18,24H,12H2,1-2H3/t18-/m0/s1. The van der Waals surface area contributed by atoms with E-state index in [-0.39, 0.29) is 35.0 Å². The molecule has 0 radical (unpaired) electrons. The fourth-order valence-corrected chi connectivity index (χ4v) is 3.42. The lowest BCUT2D eigenvalue weighted by atomic mass is 9.94. The summed E-state index contributed by atoms with van der Waals surface area (Å²) in [5.41, 5.74) is 0.228. The summed E-state index contributed by atoms with van der Waals surface area (Å²) in [5, 5.41) is 22.4. The fourth-order valence-electron chi connectivity index (χ4n) is 3.42. The summed E-state index contributed by atoms with van der Waals surface area (Å²) < 4.78 is 0. The number of benzene rings is 2. The van der Waals surface area contributed by atoms with E-state index in [1.807, 2.05) is 13.8 Å². The van der Waals surface area contributed by atoms with Crippen LogP contribution in [0.4, 0.5) is 5.69 Å². The minimum absolute atomic E-state index is 0.0280. The van der Waals surface area contributed by atoms with Gasteiger partial charge >= 0.3 is 0 Å². The van der Waals surface area contributed by atoms with Gasteiger partial charge < -0.3 is 10.0 Å². The van der Waals surface area contributed by atoms with Gasteiger partial charge in [-0.1, -0.05) is 56.3 Å². The molecule has 2 aromatic carbocycles. The summed E-state index contributed by atoms with van der Waals surface area (Å²) >= 11 is 0. The molecule has 0 saturated carbocycles. The number of para-hydroxylation sites is 1. The van der Waals surface area contributed by atoms with Gasteiger partial charge in [0.2, 0.25) is 0 Å². The van der Waals surface area contributed by atoms with E-state index in [4.69, 9.17) is 0 Å². The van der Waals surface area contributed by atoms with Crippen LogP contribution in [0.15, 0.2) is 60.2 Å². The number of nitro groups is 1. The molecule has 0 aliphatic carbocycles. The molecular weight excluding hydrogens is 360 g/mol. The van der Waals surface area contributed by atoms with Gasteiger partial charge in [-0.15, -0.1) is 0 Å². The van der Waals surface area contributed by atoms with Crippen LogP contribution in [-0.4, -0.2) is 33.2 Å². The van der Waals surface area contributed by atoms with E-state index < -0.39 is 22.7 Å². The largest absolute Gasteiger partial charge is 0.507 e. The minimum atomic E-state index is -1.02. The van der Waals surface area contributed by atoms with Gasteiger partial charge in [-0.2, -0.15) is 0 Å². The van der Waals surface area contributed by atoms with Crippen LogP contribution in [0.2, 0.25) is 0 Å². The summed E-state index contributed by atoms with van der Waals surface area (Å²) in [6.45, 7) is 3.99. The maximum Gasteiger partial charge on any atom is 0.295 e. The third kappa shape index (κ3) is 3.38. The Morgan fingerprint density at radius 2 is 1.71 bits per heavy atom.